The predicted octanol–water partition coefficient (Wildman–Crippen LogP) is 3.27. The van der Waals surface area contributed by atoms with Gasteiger partial charge in [-0.1, -0.05) is 42.0 Å². The lowest BCUT2D eigenvalue weighted by Crippen LogP contribution is -2.30. The molecular formula is C17H21FN2. The van der Waals surface area contributed by atoms with Crippen molar-refractivity contribution in [3.63, 3.8) is 0 Å². The van der Waals surface area contributed by atoms with Crippen molar-refractivity contribution in [3.05, 3.63) is 71.0 Å². The highest BCUT2D eigenvalue weighted by molar-refractivity contribution is 5.26. The highest BCUT2D eigenvalue weighted by Gasteiger charge is 2.15. The minimum Gasteiger partial charge on any atom is -0.329 e. The maximum absolute atomic E-state index is 13.2. The Balaban J connectivity index is 2.15. The Morgan fingerprint density at radius 2 is 1.90 bits per heavy atom. The molecule has 0 fully saturated rings. The van der Waals surface area contributed by atoms with E-state index in [-0.39, 0.29) is 11.9 Å². The zero-order valence-electron chi connectivity index (χ0n) is 12.0. The quantitative estimate of drug-likeness (QED) is 0.905. The van der Waals surface area contributed by atoms with Crippen molar-refractivity contribution in [1.29, 1.82) is 0 Å². The fourth-order valence-corrected chi connectivity index (χ4v) is 2.48. The molecule has 0 saturated heterocycles. The maximum atomic E-state index is 13.2. The van der Waals surface area contributed by atoms with Gasteiger partial charge < -0.3 is 5.73 Å². The molecule has 0 radical (unpaired) electrons. The summed E-state index contributed by atoms with van der Waals surface area (Å²) in [7, 11) is 2.02. The van der Waals surface area contributed by atoms with E-state index in [9.17, 15) is 4.39 Å². The van der Waals surface area contributed by atoms with Crippen LogP contribution in [-0.2, 0) is 6.54 Å². The zero-order valence-corrected chi connectivity index (χ0v) is 12.0. The number of likely N-dealkylation sites (N-methyl/N-ethyl adjacent to an activating group) is 1. The van der Waals surface area contributed by atoms with E-state index in [1.807, 2.05) is 19.2 Å². The Morgan fingerprint density at radius 1 is 1.15 bits per heavy atom. The molecule has 0 saturated carbocycles. The first-order valence-corrected chi connectivity index (χ1v) is 6.81. The standard InChI is InChI=1S/C17H21FN2/c1-13-5-3-7-15(9-13)17(11-19)20(2)12-14-6-4-8-16(18)10-14/h3-10,17H,11-12,19H2,1-2H3. The SMILES string of the molecule is Cc1cccc(C(CN)N(C)Cc2cccc(F)c2)c1. The molecule has 20 heavy (non-hydrogen) atoms. The molecule has 106 valence electrons. The van der Waals surface area contributed by atoms with Gasteiger partial charge in [0.1, 0.15) is 5.82 Å². The topological polar surface area (TPSA) is 29.3 Å². The van der Waals surface area contributed by atoms with Gasteiger partial charge in [-0.3, -0.25) is 4.90 Å². The molecule has 2 N–H and O–H groups in total. The summed E-state index contributed by atoms with van der Waals surface area (Å²) in [5.74, 6) is -0.198. The minimum absolute atomic E-state index is 0.137. The van der Waals surface area contributed by atoms with Crippen LogP contribution in [0, 0.1) is 12.7 Å². The van der Waals surface area contributed by atoms with E-state index in [4.69, 9.17) is 5.73 Å². The van der Waals surface area contributed by atoms with Crippen LogP contribution in [0.1, 0.15) is 22.7 Å². The minimum atomic E-state index is -0.198. The van der Waals surface area contributed by atoms with Gasteiger partial charge in [-0.2, -0.15) is 0 Å². The molecule has 0 aliphatic rings. The molecule has 0 bridgehead atoms. The van der Waals surface area contributed by atoms with E-state index in [0.717, 1.165) is 5.56 Å². The van der Waals surface area contributed by atoms with Gasteiger partial charge in [0.05, 0.1) is 0 Å². The van der Waals surface area contributed by atoms with Crippen molar-refractivity contribution in [2.24, 2.45) is 5.73 Å². The van der Waals surface area contributed by atoms with Crippen LogP contribution in [0.5, 0.6) is 0 Å². The smallest absolute Gasteiger partial charge is 0.123 e. The number of hydrogen-bond donors (Lipinski definition) is 1. The van der Waals surface area contributed by atoms with E-state index >= 15 is 0 Å². The van der Waals surface area contributed by atoms with Crippen molar-refractivity contribution in [3.8, 4) is 0 Å². The van der Waals surface area contributed by atoms with E-state index < -0.39 is 0 Å². The van der Waals surface area contributed by atoms with Crippen LogP contribution in [-0.4, -0.2) is 18.5 Å². The number of benzene rings is 2. The highest BCUT2D eigenvalue weighted by atomic mass is 19.1. The molecule has 1 atom stereocenters. The number of aryl methyl sites for hydroxylation is 1. The normalized spacial score (nSPS) is 12.7. The van der Waals surface area contributed by atoms with Gasteiger partial charge >= 0.3 is 0 Å². The van der Waals surface area contributed by atoms with Crippen LogP contribution >= 0.6 is 0 Å². The van der Waals surface area contributed by atoms with Crippen molar-refractivity contribution < 1.29 is 4.39 Å². The molecular weight excluding hydrogens is 251 g/mol. The molecule has 3 heteroatoms. The lowest BCUT2D eigenvalue weighted by Gasteiger charge is -2.27. The average molecular weight is 272 g/mol. The van der Waals surface area contributed by atoms with Gasteiger partial charge in [-0.25, -0.2) is 4.39 Å². The number of rotatable bonds is 5. The summed E-state index contributed by atoms with van der Waals surface area (Å²) in [6.07, 6.45) is 0. The lowest BCUT2D eigenvalue weighted by molar-refractivity contribution is 0.241. The molecule has 2 rings (SSSR count). The molecule has 0 heterocycles. The summed E-state index contributed by atoms with van der Waals surface area (Å²) in [6.45, 7) is 3.28. The zero-order chi connectivity index (χ0) is 14.5. The fourth-order valence-electron chi connectivity index (χ4n) is 2.48. The van der Waals surface area contributed by atoms with Crippen LogP contribution in [0.4, 0.5) is 4.39 Å². The molecule has 0 aliphatic heterocycles. The van der Waals surface area contributed by atoms with Crippen LogP contribution < -0.4 is 5.73 Å². The van der Waals surface area contributed by atoms with Crippen LogP contribution in [0.15, 0.2) is 48.5 Å². The van der Waals surface area contributed by atoms with Gasteiger partial charge in [0.25, 0.3) is 0 Å². The van der Waals surface area contributed by atoms with Crippen LogP contribution in [0.3, 0.4) is 0 Å². The predicted molar refractivity (Wildman–Crippen MR) is 80.8 cm³/mol. The second-order valence-electron chi connectivity index (χ2n) is 5.21. The second kappa shape index (κ2) is 6.64. The van der Waals surface area contributed by atoms with E-state index in [0.29, 0.717) is 13.1 Å². The molecule has 0 aliphatic carbocycles. The van der Waals surface area contributed by atoms with E-state index in [2.05, 4.69) is 30.0 Å². The first-order chi connectivity index (χ1) is 9.60. The van der Waals surface area contributed by atoms with Gasteiger partial charge in [-0.05, 0) is 37.2 Å². The number of hydrogen-bond acceptors (Lipinski definition) is 2. The van der Waals surface area contributed by atoms with Crippen molar-refractivity contribution in [2.75, 3.05) is 13.6 Å². The molecule has 2 nitrogen and oxygen atoms in total. The number of nitrogens with zero attached hydrogens (tertiary/aromatic N) is 1. The summed E-state index contributed by atoms with van der Waals surface area (Å²) < 4.78 is 13.2. The first-order valence-electron chi connectivity index (χ1n) is 6.81. The number of halogens is 1. The van der Waals surface area contributed by atoms with Gasteiger partial charge in [-0.15, -0.1) is 0 Å². The molecule has 0 amide bonds. The first kappa shape index (κ1) is 14.7. The highest BCUT2D eigenvalue weighted by Crippen LogP contribution is 2.21. The van der Waals surface area contributed by atoms with Gasteiger partial charge in [0.15, 0.2) is 0 Å². The summed E-state index contributed by atoms with van der Waals surface area (Å²) >= 11 is 0. The molecule has 1 unspecified atom stereocenters. The van der Waals surface area contributed by atoms with E-state index in [1.165, 1.54) is 17.2 Å². The molecule has 2 aromatic carbocycles. The maximum Gasteiger partial charge on any atom is 0.123 e. The van der Waals surface area contributed by atoms with Gasteiger partial charge in [0, 0.05) is 19.1 Å². The molecule has 2 aromatic rings. The monoisotopic (exact) mass is 272 g/mol. The third kappa shape index (κ3) is 3.65. The summed E-state index contributed by atoms with van der Waals surface area (Å²) in [5.41, 5.74) is 9.30. The lowest BCUT2D eigenvalue weighted by atomic mass is 10.0. The van der Waals surface area contributed by atoms with Crippen LogP contribution in [0.25, 0.3) is 0 Å². The Bertz CT molecular complexity index is 568. The van der Waals surface area contributed by atoms with Gasteiger partial charge in [0.2, 0.25) is 0 Å². The average Bonchev–Trinajstić information content (AvgIpc) is 2.39. The summed E-state index contributed by atoms with van der Waals surface area (Å²) in [5, 5.41) is 0. The second-order valence-corrected chi connectivity index (χ2v) is 5.21. The third-order valence-electron chi connectivity index (χ3n) is 3.50. The van der Waals surface area contributed by atoms with Crippen molar-refractivity contribution in [1.82, 2.24) is 4.90 Å². The van der Waals surface area contributed by atoms with Crippen molar-refractivity contribution in [2.45, 2.75) is 19.5 Å². The fraction of sp³-hybridized carbons (Fsp3) is 0.294. The third-order valence-corrected chi connectivity index (χ3v) is 3.50. The van der Waals surface area contributed by atoms with Crippen molar-refractivity contribution >= 4 is 0 Å². The Kier molecular flexibility index (Phi) is 4.88. The summed E-state index contributed by atoms with van der Waals surface area (Å²) in [6, 6.07) is 15.2. The summed E-state index contributed by atoms with van der Waals surface area (Å²) in [4.78, 5) is 2.16. The van der Waals surface area contributed by atoms with E-state index in [1.54, 1.807) is 12.1 Å². The largest absolute Gasteiger partial charge is 0.329 e. The Morgan fingerprint density at radius 3 is 2.55 bits per heavy atom. The number of nitrogens with two attached hydrogens (primary N) is 1. The van der Waals surface area contributed by atoms with Crippen LogP contribution in [0.2, 0.25) is 0 Å². The molecule has 0 spiro atoms. The Hall–Kier alpha value is -1.71. The molecule has 0 aromatic heterocycles. The Labute approximate surface area is 120 Å².